The first-order valence-corrected chi connectivity index (χ1v) is 19.7. The molecule has 1 heteroatoms. The molecule has 0 bridgehead atoms. The van der Waals surface area contributed by atoms with E-state index in [4.69, 9.17) is 4.42 Å². The van der Waals surface area contributed by atoms with Gasteiger partial charge in [0, 0.05) is 10.8 Å². The van der Waals surface area contributed by atoms with E-state index in [0.29, 0.717) is 0 Å². The van der Waals surface area contributed by atoms with Gasteiger partial charge in [0.2, 0.25) is 0 Å². The summed E-state index contributed by atoms with van der Waals surface area (Å²) in [6.45, 7) is 0. The molecule has 1 aromatic heterocycles. The highest BCUT2D eigenvalue weighted by molar-refractivity contribution is 6.27. The summed E-state index contributed by atoms with van der Waals surface area (Å²) < 4.78 is 6.30. The number of fused-ring (bicyclic) bond motifs is 3. The summed E-state index contributed by atoms with van der Waals surface area (Å²) in [5.74, 6) is 0. The van der Waals surface area contributed by atoms with E-state index in [0.717, 1.165) is 27.5 Å². The molecule has 0 spiro atoms. The van der Waals surface area contributed by atoms with Gasteiger partial charge in [-0.05, 0) is 139 Å². The lowest BCUT2D eigenvalue weighted by atomic mass is 9.86. The van der Waals surface area contributed by atoms with Crippen LogP contribution in [0.5, 0.6) is 0 Å². The molecule has 0 amide bonds. The van der Waals surface area contributed by atoms with Crippen LogP contribution in [0.3, 0.4) is 0 Å². The second kappa shape index (κ2) is 11.5. The van der Waals surface area contributed by atoms with E-state index in [1.54, 1.807) is 0 Å². The molecule has 0 saturated heterocycles. The second-order valence-corrected chi connectivity index (χ2v) is 15.6. The number of benzene rings is 12. The molecule has 13 rings (SSSR count). The maximum atomic E-state index is 6.30. The van der Waals surface area contributed by atoms with Gasteiger partial charge in [0.05, 0.1) is 0 Å². The fraction of sp³-hybridized carbons (Fsp3) is 0. The third-order valence-electron chi connectivity index (χ3n) is 12.6. The van der Waals surface area contributed by atoms with Crippen LogP contribution in [0.2, 0.25) is 0 Å². The Morgan fingerprint density at radius 2 is 0.684 bits per heavy atom. The molecule has 1 nitrogen and oxygen atoms in total. The summed E-state index contributed by atoms with van der Waals surface area (Å²) in [6.07, 6.45) is 0. The van der Waals surface area contributed by atoms with E-state index in [9.17, 15) is 0 Å². The number of hydrogen-bond acceptors (Lipinski definition) is 1. The normalized spacial score (nSPS) is 12.2. The Morgan fingerprint density at radius 1 is 0.228 bits per heavy atom. The molecule has 0 radical (unpaired) electrons. The highest BCUT2D eigenvalue weighted by Gasteiger charge is 2.18. The minimum absolute atomic E-state index is 0.903. The van der Waals surface area contributed by atoms with Crippen molar-refractivity contribution in [3.63, 3.8) is 0 Å². The van der Waals surface area contributed by atoms with Gasteiger partial charge < -0.3 is 4.42 Å². The average Bonchev–Trinajstić information content (AvgIpc) is 3.65. The van der Waals surface area contributed by atoms with Gasteiger partial charge in [-0.15, -0.1) is 0 Å². The molecule has 0 fully saturated rings. The summed E-state index contributed by atoms with van der Waals surface area (Å²) in [5, 5.41) is 17.9. The third kappa shape index (κ3) is 4.46. The van der Waals surface area contributed by atoms with Crippen LogP contribution < -0.4 is 0 Å². The van der Waals surface area contributed by atoms with Gasteiger partial charge in [-0.25, -0.2) is 0 Å². The van der Waals surface area contributed by atoms with Crippen LogP contribution >= 0.6 is 0 Å². The fourth-order valence-electron chi connectivity index (χ4n) is 9.92. The predicted molar refractivity (Wildman–Crippen MR) is 243 cm³/mol. The maximum absolute atomic E-state index is 6.30. The lowest BCUT2D eigenvalue weighted by Gasteiger charge is -2.18. The van der Waals surface area contributed by atoms with Crippen LogP contribution in [0.25, 0.3) is 131 Å². The summed E-state index contributed by atoms with van der Waals surface area (Å²) in [4.78, 5) is 0. The molecule has 0 aliphatic rings. The smallest absolute Gasteiger partial charge is 0.135 e. The standard InChI is InChI=1S/C56H32O/c1-2-13-51-46(12-1)50-32-42(23-29-52(50)57-51)49-31-41(44-25-19-38-17-15-34-7-4-9-36-21-28-48(44)56(38)54(34)36)22-26-45(49)40-11-5-10-39(30-40)43-24-18-37-16-14-33-6-3-8-35-20-27-47(43)55(37)53(33)35/h1-32H. The van der Waals surface area contributed by atoms with E-state index in [2.05, 4.69) is 188 Å². The van der Waals surface area contributed by atoms with Crippen molar-refractivity contribution in [2.75, 3.05) is 0 Å². The van der Waals surface area contributed by atoms with Crippen molar-refractivity contribution < 1.29 is 4.42 Å². The minimum Gasteiger partial charge on any atom is -0.456 e. The molecular formula is C56H32O. The van der Waals surface area contributed by atoms with Crippen LogP contribution in [-0.2, 0) is 0 Å². The van der Waals surface area contributed by atoms with Crippen LogP contribution in [-0.4, -0.2) is 0 Å². The first kappa shape index (κ1) is 30.8. The minimum atomic E-state index is 0.903. The largest absolute Gasteiger partial charge is 0.456 e. The zero-order valence-corrected chi connectivity index (χ0v) is 30.9. The zero-order chi connectivity index (χ0) is 37.2. The summed E-state index contributed by atoms with van der Waals surface area (Å²) in [5.41, 5.74) is 11.5. The molecule has 13 aromatic rings. The summed E-state index contributed by atoms with van der Waals surface area (Å²) >= 11 is 0. The van der Waals surface area contributed by atoms with Gasteiger partial charge in [0.1, 0.15) is 11.2 Å². The highest BCUT2D eigenvalue weighted by Crippen LogP contribution is 2.45. The van der Waals surface area contributed by atoms with E-state index in [1.807, 2.05) is 6.07 Å². The van der Waals surface area contributed by atoms with Crippen molar-refractivity contribution in [3.05, 3.63) is 194 Å². The van der Waals surface area contributed by atoms with Gasteiger partial charge in [-0.3, -0.25) is 0 Å². The van der Waals surface area contributed by atoms with Gasteiger partial charge in [-0.1, -0.05) is 164 Å². The van der Waals surface area contributed by atoms with Gasteiger partial charge >= 0.3 is 0 Å². The molecule has 0 saturated carbocycles. The molecular weight excluding hydrogens is 689 g/mol. The van der Waals surface area contributed by atoms with Gasteiger partial charge in [0.25, 0.3) is 0 Å². The van der Waals surface area contributed by atoms with E-state index in [-0.39, 0.29) is 0 Å². The van der Waals surface area contributed by atoms with E-state index in [1.165, 1.54) is 104 Å². The number of furan rings is 1. The fourth-order valence-corrected chi connectivity index (χ4v) is 9.92. The lowest BCUT2D eigenvalue weighted by Crippen LogP contribution is -1.91. The average molecular weight is 721 g/mol. The van der Waals surface area contributed by atoms with Crippen molar-refractivity contribution in [3.8, 4) is 44.5 Å². The SMILES string of the molecule is c1cc(-c2ccc(-c3ccc4ccc5cccc6ccc3c4c56)cc2-c2ccc3oc4ccccc4c3c2)cc(-c2ccc3ccc4cccc5ccc2c3c45)c1. The van der Waals surface area contributed by atoms with Gasteiger partial charge in [-0.2, -0.15) is 0 Å². The van der Waals surface area contributed by atoms with E-state index >= 15 is 0 Å². The third-order valence-corrected chi connectivity index (χ3v) is 12.6. The van der Waals surface area contributed by atoms with Crippen molar-refractivity contribution in [2.24, 2.45) is 0 Å². The molecule has 0 atom stereocenters. The number of para-hydroxylation sites is 1. The van der Waals surface area contributed by atoms with E-state index < -0.39 is 0 Å². The second-order valence-electron chi connectivity index (χ2n) is 15.6. The van der Waals surface area contributed by atoms with Crippen molar-refractivity contribution >= 4 is 86.6 Å². The van der Waals surface area contributed by atoms with Crippen molar-refractivity contribution in [1.82, 2.24) is 0 Å². The topological polar surface area (TPSA) is 13.1 Å². The monoisotopic (exact) mass is 720 g/mol. The quantitative estimate of drug-likeness (QED) is 0.165. The molecule has 57 heavy (non-hydrogen) atoms. The molecule has 12 aromatic carbocycles. The Kier molecular flexibility index (Phi) is 6.23. The Labute approximate surface area is 328 Å². The van der Waals surface area contributed by atoms with Crippen molar-refractivity contribution in [1.29, 1.82) is 0 Å². The Hall–Kier alpha value is -7.48. The predicted octanol–water partition coefficient (Wildman–Crippen LogP) is 16.0. The molecule has 0 aliphatic carbocycles. The summed E-state index contributed by atoms with van der Waals surface area (Å²) in [6, 6.07) is 71.9. The Balaban J connectivity index is 1.04. The van der Waals surface area contributed by atoms with Gasteiger partial charge in [0.15, 0.2) is 0 Å². The van der Waals surface area contributed by atoms with Crippen LogP contribution in [0.4, 0.5) is 0 Å². The first-order valence-electron chi connectivity index (χ1n) is 19.7. The maximum Gasteiger partial charge on any atom is 0.135 e. The first-order chi connectivity index (χ1) is 28.2. The zero-order valence-electron chi connectivity index (χ0n) is 30.9. The van der Waals surface area contributed by atoms with Crippen LogP contribution in [0.15, 0.2) is 199 Å². The Bertz CT molecular complexity index is 3720. The molecule has 0 N–H and O–H groups in total. The Morgan fingerprint density at radius 3 is 1.33 bits per heavy atom. The number of hydrogen-bond donors (Lipinski definition) is 0. The lowest BCUT2D eigenvalue weighted by molar-refractivity contribution is 0.669. The van der Waals surface area contributed by atoms with Crippen LogP contribution in [0.1, 0.15) is 0 Å². The molecule has 0 unspecified atom stereocenters. The number of rotatable bonds is 4. The molecule has 0 aliphatic heterocycles. The van der Waals surface area contributed by atoms with Crippen LogP contribution in [0, 0.1) is 0 Å². The molecule has 262 valence electrons. The van der Waals surface area contributed by atoms with Crippen molar-refractivity contribution in [2.45, 2.75) is 0 Å². The highest BCUT2D eigenvalue weighted by atomic mass is 16.3. The summed E-state index contributed by atoms with van der Waals surface area (Å²) in [7, 11) is 0. The molecule has 1 heterocycles.